The average Bonchev–Trinajstić information content (AvgIpc) is 3.36. The number of pyridine rings is 1. The molecule has 0 amide bonds. The van der Waals surface area contributed by atoms with Gasteiger partial charge in [-0.2, -0.15) is 4.98 Å². The lowest BCUT2D eigenvalue weighted by molar-refractivity contribution is 0.00326. The van der Waals surface area contributed by atoms with Crippen LogP contribution in [0.15, 0.2) is 59.6 Å². The predicted molar refractivity (Wildman–Crippen MR) is 92.7 cm³/mol. The lowest BCUT2D eigenvalue weighted by Gasteiger charge is -2.25. The number of fused-ring (bicyclic) bond motifs is 1. The molecule has 27 heavy (non-hydrogen) atoms. The second-order valence-corrected chi connectivity index (χ2v) is 6.21. The number of ether oxygens (including phenoxy) is 1. The summed E-state index contributed by atoms with van der Waals surface area (Å²) in [5, 5.41) is 4.01. The van der Waals surface area contributed by atoms with E-state index in [4.69, 9.17) is 9.26 Å². The van der Waals surface area contributed by atoms with E-state index in [0.29, 0.717) is 30.6 Å². The second-order valence-electron chi connectivity index (χ2n) is 6.21. The summed E-state index contributed by atoms with van der Waals surface area (Å²) < 4.78 is 26.5. The van der Waals surface area contributed by atoms with Gasteiger partial charge in [0.2, 0.25) is 5.82 Å². The molecular formula is C19H14FN5O2. The van der Waals surface area contributed by atoms with Crippen LogP contribution < -0.4 is 0 Å². The summed E-state index contributed by atoms with van der Waals surface area (Å²) in [5.74, 6) is 0.535. The van der Waals surface area contributed by atoms with Crippen molar-refractivity contribution in [2.24, 2.45) is 0 Å². The molecule has 1 aliphatic rings. The van der Waals surface area contributed by atoms with Crippen molar-refractivity contribution < 1.29 is 13.7 Å². The number of nitrogens with zero attached hydrogens (tertiary/aromatic N) is 5. The first-order chi connectivity index (χ1) is 13.3. The summed E-state index contributed by atoms with van der Waals surface area (Å²) >= 11 is 0. The van der Waals surface area contributed by atoms with Crippen LogP contribution in [0.5, 0.6) is 0 Å². The smallest absolute Gasteiger partial charge is 0.278 e. The molecule has 0 fully saturated rings. The van der Waals surface area contributed by atoms with Gasteiger partial charge < -0.3 is 13.8 Å². The number of hydrogen-bond acceptors (Lipinski definition) is 6. The van der Waals surface area contributed by atoms with Crippen molar-refractivity contribution in [1.29, 1.82) is 0 Å². The van der Waals surface area contributed by atoms with Gasteiger partial charge in [0.1, 0.15) is 11.9 Å². The molecule has 1 aromatic carbocycles. The Morgan fingerprint density at radius 1 is 1.15 bits per heavy atom. The second kappa shape index (κ2) is 6.40. The summed E-state index contributed by atoms with van der Waals surface area (Å²) in [7, 11) is 0. The van der Waals surface area contributed by atoms with Crippen molar-refractivity contribution >= 4 is 0 Å². The van der Waals surface area contributed by atoms with Crippen LogP contribution >= 0.6 is 0 Å². The van der Waals surface area contributed by atoms with Gasteiger partial charge in [-0.15, -0.1) is 0 Å². The van der Waals surface area contributed by atoms with E-state index in [2.05, 4.69) is 20.1 Å². The molecule has 4 heterocycles. The molecule has 0 unspecified atom stereocenters. The van der Waals surface area contributed by atoms with Crippen molar-refractivity contribution in [3.63, 3.8) is 0 Å². The molecule has 0 aliphatic carbocycles. The first kappa shape index (κ1) is 15.8. The maximum atomic E-state index is 13.1. The molecule has 0 saturated carbocycles. The van der Waals surface area contributed by atoms with E-state index < -0.39 is 0 Å². The molecule has 0 radical (unpaired) electrons. The molecule has 4 aromatic rings. The van der Waals surface area contributed by atoms with Crippen LogP contribution in [0.4, 0.5) is 4.39 Å². The summed E-state index contributed by atoms with van der Waals surface area (Å²) in [6.45, 7) is 0.930. The van der Waals surface area contributed by atoms with Crippen molar-refractivity contribution in [1.82, 2.24) is 24.7 Å². The molecule has 3 aromatic heterocycles. The maximum absolute atomic E-state index is 13.1. The molecule has 1 atom stereocenters. The van der Waals surface area contributed by atoms with E-state index in [1.54, 1.807) is 30.9 Å². The highest BCUT2D eigenvalue weighted by Crippen LogP contribution is 2.31. The van der Waals surface area contributed by atoms with Gasteiger partial charge in [-0.25, -0.2) is 9.37 Å². The highest BCUT2D eigenvalue weighted by atomic mass is 19.1. The molecule has 0 N–H and O–H groups in total. The van der Waals surface area contributed by atoms with Crippen molar-refractivity contribution in [3.8, 4) is 23.0 Å². The fraction of sp³-hybridized carbons (Fsp3) is 0.158. The monoisotopic (exact) mass is 363 g/mol. The highest BCUT2D eigenvalue weighted by molar-refractivity contribution is 5.58. The van der Waals surface area contributed by atoms with Gasteiger partial charge in [-0.3, -0.25) is 4.98 Å². The number of halogens is 1. The fourth-order valence-electron chi connectivity index (χ4n) is 3.12. The summed E-state index contributed by atoms with van der Waals surface area (Å²) in [6.07, 6.45) is 4.94. The van der Waals surface area contributed by atoms with Gasteiger partial charge in [0.15, 0.2) is 5.69 Å². The predicted octanol–water partition coefficient (Wildman–Crippen LogP) is 3.41. The van der Waals surface area contributed by atoms with Gasteiger partial charge in [0, 0.05) is 18.0 Å². The largest absolute Gasteiger partial charge is 0.365 e. The van der Waals surface area contributed by atoms with E-state index >= 15 is 0 Å². The molecule has 5 rings (SSSR count). The van der Waals surface area contributed by atoms with Gasteiger partial charge in [0.05, 0.1) is 25.2 Å². The first-order valence-electron chi connectivity index (χ1n) is 8.43. The highest BCUT2D eigenvalue weighted by Gasteiger charge is 2.26. The zero-order valence-corrected chi connectivity index (χ0v) is 14.1. The Morgan fingerprint density at radius 2 is 2.04 bits per heavy atom. The molecule has 1 aliphatic heterocycles. The van der Waals surface area contributed by atoms with Crippen molar-refractivity contribution in [2.75, 3.05) is 0 Å². The maximum Gasteiger partial charge on any atom is 0.278 e. The zero-order valence-electron chi connectivity index (χ0n) is 14.1. The van der Waals surface area contributed by atoms with Crippen LogP contribution in [0.2, 0.25) is 0 Å². The average molecular weight is 363 g/mol. The standard InChI is InChI=1S/C19H14FN5O2/c20-14-5-3-12(4-6-14)16-9-25-11-22-17(15(25)10-26-16)19-23-18(24-27-19)13-2-1-7-21-8-13/h1-8,11,16H,9-10H2/t16-/m1/s1. The van der Waals surface area contributed by atoms with E-state index in [1.165, 1.54) is 12.1 Å². The molecular weight excluding hydrogens is 349 g/mol. The Morgan fingerprint density at radius 3 is 2.85 bits per heavy atom. The number of rotatable bonds is 3. The topological polar surface area (TPSA) is 78.9 Å². The third-order valence-electron chi connectivity index (χ3n) is 4.52. The van der Waals surface area contributed by atoms with Crippen LogP contribution in [0, 0.1) is 5.82 Å². The van der Waals surface area contributed by atoms with E-state index in [-0.39, 0.29) is 11.9 Å². The minimum absolute atomic E-state index is 0.159. The summed E-state index contributed by atoms with van der Waals surface area (Å²) in [6, 6.07) is 10.0. The third-order valence-corrected chi connectivity index (χ3v) is 4.52. The summed E-state index contributed by atoms with van der Waals surface area (Å²) in [4.78, 5) is 12.9. The van der Waals surface area contributed by atoms with Crippen molar-refractivity contribution in [2.45, 2.75) is 19.3 Å². The van der Waals surface area contributed by atoms with E-state index in [0.717, 1.165) is 16.8 Å². The van der Waals surface area contributed by atoms with Gasteiger partial charge in [-0.05, 0) is 29.8 Å². The molecule has 0 bridgehead atoms. The Hall–Kier alpha value is -3.39. The number of aromatic nitrogens is 5. The normalized spacial score (nSPS) is 16.3. The van der Waals surface area contributed by atoms with Crippen LogP contribution in [0.3, 0.4) is 0 Å². The van der Waals surface area contributed by atoms with Crippen LogP contribution in [0.25, 0.3) is 23.0 Å². The number of imidazole rings is 1. The SMILES string of the molecule is Fc1ccc([C@H]2Cn3cnc(-c4nc(-c5cccnc5)no4)c3CO2)cc1. The van der Waals surface area contributed by atoms with Crippen LogP contribution in [-0.4, -0.2) is 24.7 Å². The Labute approximate surface area is 153 Å². The Kier molecular flexibility index (Phi) is 3.75. The Bertz CT molecular complexity index is 1080. The van der Waals surface area contributed by atoms with Gasteiger partial charge in [-0.1, -0.05) is 17.3 Å². The number of benzene rings is 1. The van der Waals surface area contributed by atoms with E-state index in [1.807, 2.05) is 16.7 Å². The van der Waals surface area contributed by atoms with Crippen LogP contribution in [0.1, 0.15) is 17.4 Å². The van der Waals surface area contributed by atoms with Crippen molar-refractivity contribution in [3.05, 3.63) is 72.2 Å². The molecule has 134 valence electrons. The lowest BCUT2D eigenvalue weighted by atomic mass is 10.1. The number of hydrogen-bond donors (Lipinski definition) is 0. The van der Waals surface area contributed by atoms with E-state index in [9.17, 15) is 4.39 Å². The Balaban J connectivity index is 1.42. The zero-order chi connectivity index (χ0) is 18.2. The minimum atomic E-state index is -0.263. The minimum Gasteiger partial charge on any atom is -0.365 e. The molecule has 0 saturated heterocycles. The molecule has 7 nitrogen and oxygen atoms in total. The lowest BCUT2D eigenvalue weighted by Crippen LogP contribution is -2.20. The quantitative estimate of drug-likeness (QED) is 0.555. The fourth-order valence-corrected chi connectivity index (χ4v) is 3.12. The molecule has 0 spiro atoms. The van der Waals surface area contributed by atoms with Gasteiger partial charge >= 0.3 is 0 Å². The first-order valence-corrected chi connectivity index (χ1v) is 8.43. The summed E-state index contributed by atoms with van der Waals surface area (Å²) in [5.41, 5.74) is 3.17. The van der Waals surface area contributed by atoms with Crippen LogP contribution in [-0.2, 0) is 17.9 Å². The molecule has 8 heteroatoms. The third kappa shape index (κ3) is 2.89. The van der Waals surface area contributed by atoms with Gasteiger partial charge in [0.25, 0.3) is 5.89 Å².